The van der Waals surface area contributed by atoms with Crippen molar-refractivity contribution in [2.45, 2.75) is 13.8 Å². The van der Waals surface area contributed by atoms with Crippen LogP contribution < -0.4 is 5.73 Å². The van der Waals surface area contributed by atoms with Gasteiger partial charge in [-0.05, 0) is 13.8 Å². The summed E-state index contributed by atoms with van der Waals surface area (Å²) < 4.78 is 0. The number of nitrogens with zero attached hydrogens (tertiary/aromatic N) is 1. The molecule has 0 radical (unpaired) electrons. The Balaban J connectivity index is 4.00. The second kappa shape index (κ2) is 3.83. The second-order valence-corrected chi connectivity index (χ2v) is 1.62. The number of rotatable bonds is 2. The third-order valence-corrected chi connectivity index (χ3v) is 0.796. The molecule has 0 aliphatic carbocycles. The molecule has 0 spiro atoms. The first-order chi connectivity index (χ1) is 4.18. The predicted molar refractivity (Wildman–Crippen MR) is 39.8 cm³/mol. The smallest absolute Gasteiger partial charge is 0.0708 e. The molecule has 0 aromatic rings. The highest BCUT2D eigenvalue weighted by molar-refractivity contribution is 5.94. The second-order valence-electron chi connectivity index (χ2n) is 1.62. The van der Waals surface area contributed by atoms with Gasteiger partial charge in [-0.25, -0.2) is 0 Å². The Morgan fingerprint density at radius 3 is 2.56 bits per heavy atom. The van der Waals surface area contributed by atoms with E-state index in [2.05, 4.69) is 4.99 Å². The molecular formula is C6H11N3. The van der Waals surface area contributed by atoms with Crippen molar-refractivity contribution >= 4 is 11.9 Å². The van der Waals surface area contributed by atoms with E-state index in [4.69, 9.17) is 11.1 Å². The summed E-state index contributed by atoms with van der Waals surface area (Å²) in [6.45, 7) is 3.42. The van der Waals surface area contributed by atoms with E-state index in [9.17, 15) is 0 Å². The lowest BCUT2D eigenvalue weighted by Crippen LogP contribution is -2.05. The van der Waals surface area contributed by atoms with E-state index in [1.54, 1.807) is 20.1 Å². The fourth-order valence-electron chi connectivity index (χ4n) is 0.252. The van der Waals surface area contributed by atoms with Crippen molar-refractivity contribution in [2.24, 2.45) is 10.7 Å². The van der Waals surface area contributed by atoms with Crippen molar-refractivity contribution in [1.82, 2.24) is 0 Å². The van der Waals surface area contributed by atoms with Crippen molar-refractivity contribution in [3.8, 4) is 0 Å². The van der Waals surface area contributed by atoms with E-state index in [0.717, 1.165) is 0 Å². The van der Waals surface area contributed by atoms with Gasteiger partial charge in [-0.2, -0.15) is 0 Å². The Bertz CT molecular complexity index is 156. The molecule has 0 heterocycles. The zero-order valence-electron chi connectivity index (χ0n) is 5.68. The van der Waals surface area contributed by atoms with Crippen molar-refractivity contribution in [3.05, 3.63) is 11.9 Å². The summed E-state index contributed by atoms with van der Waals surface area (Å²) in [5.41, 5.74) is 6.08. The Kier molecular flexibility index (Phi) is 3.35. The van der Waals surface area contributed by atoms with Crippen LogP contribution >= 0.6 is 0 Å². The van der Waals surface area contributed by atoms with Gasteiger partial charge in [0.2, 0.25) is 0 Å². The molecule has 0 atom stereocenters. The molecule has 0 rings (SSSR count). The highest BCUT2D eigenvalue weighted by atomic mass is 14.7. The van der Waals surface area contributed by atoms with Gasteiger partial charge in [0.15, 0.2) is 0 Å². The molecule has 3 nitrogen and oxygen atoms in total. The molecule has 50 valence electrons. The Hall–Kier alpha value is -1.12. The van der Waals surface area contributed by atoms with E-state index in [1.165, 1.54) is 6.20 Å². The Labute approximate surface area is 54.8 Å². The van der Waals surface area contributed by atoms with E-state index >= 15 is 0 Å². The number of nitrogens with two attached hydrogens (primary N) is 1. The molecule has 0 saturated heterocycles. The van der Waals surface area contributed by atoms with Gasteiger partial charge in [-0.15, -0.1) is 0 Å². The largest absolute Gasteiger partial charge is 0.396 e. The highest BCUT2D eigenvalue weighted by Crippen LogP contribution is 1.85. The summed E-state index contributed by atoms with van der Waals surface area (Å²) in [5, 5.41) is 7.01. The highest BCUT2D eigenvalue weighted by Gasteiger charge is 1.87. The molecule has 0 amide bonds. The van der Waals surface area contributed by atoms with Crippen LogP contribution in [0.25, 0.3) is 0 Å². The van der Waals surface area contributed by atoms with Gasteiger partial charge in [0.25, 0.3) is 0 Å². The number of aliphatic imine (C=N–C) groups is 1. The van der Waals surface area contributed by atoms with Gasteiger partial charge in [0.05, 0.1) is 17.6 Å². The molecule has 0 aromatic carbocycles. The SMILES string of the molecule is C/C=N\C=C(\N)C(C)=N. The molecule has 0 unspecified atom stereocenters. The lowest BCUT2D eigenvalue weighted by atomic mass is 10.3. The van der Waals surface area contributed by atoms with Crippen LogP contribution in [0, 0.1) is 5.41 Å². The lowest BCUT2D eigenvalue weighted by Gasteiger charge is -1.91. The first-order valence-electron chi connectivity index (χ1n) is 2.67. The molecule has 0 aromatic heterocycles. The fourth-order valence-corrected chi connectivity index (χ4v) is 0.252. The number of hydrogen-bond acceptors (Lipinski definition) is 3. The summed E-state index contributed by atoms with van der Waals surface area (Å²) in [6.07, 6.45) is 3.08. The molecule has 3 heteroatoms. The molecular weight excluding hydrogens is 114 g/mol. The van der Waals surface area contributed by atoms with E-state index in [-0.39, 0.29) is 0 Å². The normalized spacial score (nSPS) is 12.4. The van der Waals surface area contributed by atoms with Gasteiger partial charge in [0, 0.05) is 6.21 Å². The fraction of sp³-hybridized carbons (Fsp3) is 0.333. The monoisotopic (exact) mass is 125 g/mol. The van der Waals surface area contributed by atoms with Crippen LogP contribution in [0.4, 0.5) is 0 Å². The van der Waals surface area contributed by atoms with Crippen LogP contribution in [0.1, 0.15) is 13.8 Å². The maximum Gasteiger partial charge on any atom is 0.0708 e. The first-order valence-corrected chi connectivity index (χ1v) is 2.67. The van der Waals surface area contributed by atoms with Crippen LogP contribution in [0.2, 0.25) is 0 Å². The van der Waals surface area contributed by atoms with Crippen LogP contribution in [-0.2, 0) is 0 Å². The zero-order valence-corrected chi connectivity index (χ0v) is 5.68. The average molecular weight is 125 g/mol. The average Bonchev–Trinajstić information content (AvgIpc) is 1.82. The van der Waals surface area contributed by atoms with E-state index in [0.29, 0.717) is 11.4 Å². The summed E-state index contributed by atoms with van der Waals surface area (Å²) in [5.74, 6) is 0. The molecule has 0 fully saturated rings. The lowest BCUT2D eigenvalue weighted by molar-refractivity contribution is 1.34. The van der Waals surface area contributed by atoms with Crippen molar-refractivity contribution in [2.75, 3.05) is 0 Å². The molecule has 0 saturated carbocycles. The number of allylic oxidation sites excluding steroid dienone is 1. The summed E-state index contributed by atoms with van der Waals surface area (Å²) >= 11 is 0. The predicted octanol–water partition coefficient (Wildman–Crippen LogP) is 0.917. The van der Waals surface area contributed by atoms with Crippen molar-refractivity contribution in [1.29, 1.82) is 5.41 Å². The molecule has 0 bridgehead atoms. The molecule has 9 heavy (non-hydrogen) atoms. The van der Waals surface area contributed by atoms with Gasteiger partial charge in [-0.1, -0.05) is 0 Å². The van der Waals surface area contributed by atoms with E-state index < -0.39 is 0 Å². The van der Waals surface area contributed by atoms with Gasteiger partial charge in [0.1, 0.15) is 0 Å². The van der Waals surface area contributed by atoms with Crippen LogP contribution in [0.15, 0.2) is 16.9 Å². The van der Waals surface area contributed by atoms with Gasteiger partial charge < -0.3 is 11.1 Å². The zero-order chi connectivity index (χ0) is 7.28. The maximum absolute atomic E-state index is 7.01. The summed E-state index contributed by atoms with van der Waals surface area (Å²) in [4.78, 5) is 3.74. The van der Waals surface area contributed by atoms with Crippen molar-refractivity contribution in [3.63, 3.8) is 0 Å². The minimum absolute atomic E-state index is 0.348. The summed E-state index contributed by atoms with van der Waals surface area (Å²) in [6, 6.07) is 0. The van der Waals surface area contributed by atoms with E-state index in [1.807, 2.05) is 0 Å². The number of hydrogen-bond donors (Lipinski definition) is 2. The van der Waals surface area contributed by atoms with Gasteiger partial charge >= 0.3 is 0 Å². The topological polar surface area (TPSA) is 62.2 Å². The standard InChI is InChI=1S/C6H11N3/c1-3-9-4-6(8)5(2)7/h3-4,7H,8H2,1-2H3/b6-4+,7-5?,9-3-. The molecule has 3 N–H and O–H groups in total. The minimum Gasteiger partial charge on any atom is -0.396 e. The summed E-state index contributed by atoms with van der Waals surface area (Å²) in [7, 11) is 0. The number of nitrogens with one attached hydrogen (secondary N) is 1. The van der Waals surface area contributed by atoms with Crippen LogP contribution in [0.5, 0.6) is 0 Å². The van der Waals surface area contributed by atoms with Gasteiger partial charge in [-0.3, -0.25) is 4.99 Å². The first kappa shape index (κ1) is 7.88. The quantitative estimate of drug-likeness (QED) is 0.529. The van der Waals surface area contributed by atoms with Crippen LogP contribution in [0.3, 0.4) is 0 Å². The Morgan fingerprint density at radius 2 is 2.22 bits per heavy atom. The van der Waals surface area contributed by atoms with Crippen molar-refractivity contribution < 1.29 is 0 Å². The van der Waals surface area contributed by atoms with Crippen LogP contribution in [-0.4, -0.2) is 11.9 Å². The molecule has 0 aliphatic heterocycles. The third kappa shape index (κ3) is 3.46. The third-order valence-electron chi connectivity index (χ3n) is 0.796. The molecule has 0 aliphatic rings. The Morgan fingerprint density at radius 1 is 1.67 bits per heavy atom. The minimum atomic E-state index is 0.348. The maximum atomic E-state index is 7.01.